The highest BCUT2D eigenvalue weighted by Gasteiger charge is 2.15. The fourth-order valence-electron chi connectivity index (χ4n) is 1.99. The Morgan fingerprint density at radius 3 is 1.94 bits per heavy atom. The van der Waals surface area contributed by atoms with Crippen LogP contribution < -0.4 is 10.6 Å². The Bertz CT molecular complexity index is 352. The molecular weight excluding hydrogens is 208 g/mol. The molecule has 2 N–H and O–H groups in total. The quantitative estimate of drug-likeness (QED) is 0.782. The van der Waals surface area contributed by atoms with E-state index in [1.165, 1.54) is 22.4 Å². The Morgan fingerprint density at radius 1 is 1.00 bits per heavy atom. The molecule has 1 rings (SSSR count). The first-order valence-electron chi connectivity index (χ1n) is 6.36. The molecule has 0 bridgehead atoms. The minimum absolute atomic E-state index is 0.221. The van der Waals surface area contributed by atoms with Gasteiger partial charge in [-0.25, -0.2) is 0 Å². The van der Waals surface area contributed by atoms with Gasteiger partial charge in [0.25, 0.3) is 0 Å². The van der Waals surface area contributed by atoms with E-state index in [9.17, 15) is 0 Å². The van der Waals surface area contributed by atoms with Gasteiger partial charge in [0.15, 0.2) is 0 Å². The summed E-state index contributed by atoms with van der Waals surface area (Å²) in [7, 11) is 1.98. The van der Waals surface area contributed by atoms with E-state index in [2.05, 4.69) is 57.4 Å². The van der Waals surface area contributed by atoms with Gasteiger partial charge in [0, 0.05) is 18.8 Å². The van der Waals surface area contributed by atoms with Crippen LogP contribution in [0.4, 0.5) is 5.69 Å². The summed E-state index contributed by atoms with van der Waals surface area (Å²) < 4.78 is 0. The van der Waals surface area contributed by atoms with Crippen molar-refractivity contribution in [2.75, 3.05) is 25.5 Å². The Kier molecular flexibility index (Phi) is 4.58. The lowest BCUT2D eigenvalue weighted by molar-refractivity contribution is 0.589. The van der Waals surface area contributed by atoms with Crippen molar-refractivity contribution in [3.8, 4) is 0 Å². The van der Waals surface area contributed by atoms with Crippen LogP contribution in [0.5, 0.6) is 0 Å². The third-order valence-corrected chi connectivity index (χ3v) is 3.08. The first-order valence-corrected chi connectivity index (χ1v) is 6.36. The number of aryl methyl sites for hydroxylation is 2. The maximum absolute atomic E-state index is 3.50. The molecule has 0 amide bonds. The third-order valence-electron chi connectivity index (χ3n) is 3.08. The van der Waals surface area contributed by atoms with Gasteiger partial charge in [0.2, 0.25) is 0 Å². The third kappa shape index (κ3) is 3.74. The standard InChI is InChI=1S/C15H26N2/c1-11-9-13(15(3,4)5)10-12(2)14(11)17-8-7-16-6/h9-10,16-17H,7-8H2,1-6H3. The van der Waals surface area contributed by atoms with Crippen molar-refractivity contribution in [3.05, 3.63) is 28.8 Å². The molecule has 1 aromatic rings. The van der Waals surface area contributed by atoms with Gasteiger partial charge in [0.1, 0.15) is 0 Å². The van der Waals surface area contributed by atoms with E-state index in [1.807, 2.05) is 7.05 Å². The molecule has 0 spiro atoms. The van der Waals surface area contributed by atoms with E-state index >= 15 is 0 Å². The SMILES string of the molecule is CNCCNc1c(C)cc(C(C)(C)C)cc1C. The predicted molar refractivity (Wildman–Crippen MR) is 77.0 cm³/mol. The minimum Gasteiger partial charge on any atom is -0.383 e. The molecule has 2 heteroatoms. The van der Waals surface area contributed by atoms with Gasteiger partial charge in [-0.3, -0.25) is 0 Å². The number of likely N-dealkylation sites (N-methyl/N-ethyl adjacent to an activating group) is 1. The second-order valence-corrected chi connectivity index (χ2v) is 5.77. The summed E-state index contributed by atoms with van der Waals surface area (Å²) >= 11 is 0. The van der Waals surface area contributed by atoms with Gasteiger partial charge in [-0.15, -0.1) is 0 Å². The van der Waals surface area contributed by atoms with Crippen molar-refractivity contribution in [1.29, 1.82) is 0 Å². The van der Waals surface area contributed by atoms with Crippen LogP contribution in [0.3, 0.4) is 0 Å². The Balaban J connectivity index is 2.95. The van der Waals surface area contributed by atoms with E-state index in [0.29, 0.717) is 0 Å². The van der Waals surface area contributed by atoms with Gasteiger partial charge in [-0.05, 0) is 43.0 Å². The zero-order chi connectivity index (χ0) is 13.1. The normalized spacial score (nSPS) is 11.6. The Morgan fingerprint density at radius 2 is 1.53 bits per heavy atom. The first-order chi connectivity index (χ1) is 7.86. The molecule has 1 aromatic carbocycles. The predicted octanol–water partition coefficient (Wildman–Crippen LogP) is 3.23. The van der Waals surface area contributed by atoms with E-state index in [-0.39, 0.29) is 5.41 Å². The highest BCUT2D eigenvalue weighted by Crippen LogP contribution is 2.29. The van der Waals surface area contributed by atoms with Crippen molar-refractivity contribution in [1.82, 2.24) is 5.32 Å². The number of hydrogen-bond donors (Lipinski definition) is 2. The summed E-state index contributed by atoms with van der Waals surface area (Å²) in [6, 6.07) is 4.60. The molecule has 0 aliphatic rings. The Hall–Kier alpha value is -1.02. The van der Waals surface area contributed by atoms with Crippen LogP contribution in [-0.2, 0) is 5.41 Å². The maximum Gasteiger partial charge on any atom is 0.0400 e. The van der Waals surface area contributed by atoms with Gasteiger partial charge < -0.3 is 10.6 Å². The average molecular weight is 234 g/mol. The summed E-state index contributed by atoms with van der Waals surface area (Å²) in [5, 5.41) is 6.65. The fourth-order valence-corrected chi connectivity index (χ4v) is 1.99. The molecule has 0 heterocycles. The average Bonchev–Trinajstić information content (AvgIpc) is 2.20. The summed E-state index contributed by atoms with van der Waals surface area (Å²) in [5.41, 5.74) is 5.59. The number of anilines is 1. The molecule has 2 nitrogen and oxygen atoms in total. The van der Waals surface area contributed by atoms with Gasteiger partial charge in [0.05, 0.1) is 0 Å². The van der Waals surface area contributed by atoms with Crippen LogP contribution in [0.1, 0.15) is 37.5 Å². The lowest BCUT2D eigenvalue weighted by atomic mass is 9.85. The van der Waals surface area contributed by atoms with Crippen molar-refractivity contribution in [3.63, 3.8) is 0 Å². The molecule has 0 unspecified atom stereocenters. The zero-order valence-corrected chi connectivity index (χ0v) is 12.1. The molecule has 0 aromatic heterocycles. The molecule has 0 saturated carbocycles. The molecule has 0 saturated heterocycles. The summed E-state index contributed by atoms with van der Waals surface area (Å²) in [5.74, 6) is 0. The van der Waals surface area contributed by atoms with E-state index in [1.54, 1.807) is 0 Å². The second-order valence-electron chi connectivity index (χ2n) is 5.77. The van der Waals surface area contributed by atoms with E-state index < -0.39 is 0 Å². The van der Waals surface area contributed by atoms with Crippen LogP contribution in [0.2, 0.25) is 0 Å². The maximum atomic E-state index is 3.50. The molecule has 0 radical (unpaired) electrons. The topological polar surface area (TPSA) is 24.1 Å². The molecule has 0 aliphatic carbocycles. The molecule has 96 valence electrons. The lowest BCUT2D eigenvalue weighted by Crippen LogP contribution is -2.19. The van der Waals surface area contributed by atoms with E-state index in [4.69, 9.17) is 0 Å². The second kappa shape index (κ2) is 5.54. The number of hydrogen-bond acceptors (Lipinski definition) is 2. The smallest absolute Gasteiger partial charge is 0.0400 e. The van der Waals surface area contributed by atoms with Crippen LogP contribution in [0.25, 0.3) is 0 Å². The number of rotatable bonds is 4. The van der Waals surface area contributed by atoms with Crippen LogP contribution in [0, 0.1) is 13.8 Å². The van der Waals surface area contributed by atoms with Crippen molar-refractivity contribution >= 4 is 5.69 Å². The number of nitrogens with one attached hydrogen (secondary N) is 2. The highest BCUT2D eigenvalue weighted by atomic mass is 14.9. The Labute approximate surface area is 106 Å². The lowest BCUT2D eigenvalue weighted by Gasteiger charge is -2.22. The fraction of sp³-hybridized carbons (Fsp3) is 0.600. The van der Waals surface area contributed by atoms with E-state index in [0.717, 1.165) is 13.1 Å². The highest BCUT2D eigenvalue weighted by molar-refractivity contribution is 5.59. The van der Waals surface area contributed by atoms with Crippen LogP contribution >= 0.6 is 0 Å². The molecule has 0 atom stereocenters. The minimum atomic E-state index is 0.221. The summed E-state index contributed by atoms with van der Waals surface area (Å²) in [6.07, 6.45) is 0. The number of benzene rings is 1. The zero-order valence-electron chi connectivity index (χ0n) is 12.1. The van der Waals surface area contributed by atoms with Gasteiger partial charge in [-0.1, -0.05) is 32.9 Å². The van der Waals surface area contributed by atoms with Crippen molar-refractivity contribution in [2.45, 2.75) is 40.0 Å². The molecule has 0 aliphatic heterocycles. The van der Waals surface area contributed by atoms with Crippen LogP contribution in [0.15, 0.2) is 12.1 Å². The summed E-state index contributed by atoms with van der Waals surface area (Å²) in [6.45, 7) is 13.1. The summed E-state index contributed by atoms with van der Waals surface area (Å²) in [4.78, 5) is 0. The largest absolute Gasteiger partial charge is 0.383 e. The van der Waals surface area contributed by atoms with Gasteiger partial charge in [-0.2, -0.15) is 0 Å². The monoisotopic (exact) mass is 234 g/mol. The van der Waals surface area contributed by atoms with Crippen LogP contribution in [-0.4, -0.2) is 20.1 Å². The molecule has 0 fully saturated rings. The van der Waals surface area contributed by atoms with Gasteiger partial charge >= 0.3 is 0 Å². The molecule has 17 heavy (non-hydrogen) atoms. The van der Waals surface area contributed by atoms with Crippen molar-refractivity contribution < 1.29 is 0 Å². The molecular formula is C15H26N2. The first kappa shape index (κ1) is 14.0. The van der Waals surface area contributed by atoms with Crippen molar-refractivity contribution in [2.24, 2.45) is 0 Å².